The van der Waals surface area contributed by atoms with E-state index in [1.807, 2.05) is 28.6 Å². The third-order valence-electron chi connectivity index (χ3n) is 6.72. The number of rotatable bonds is 6. The summed E-state index contributed by atoms with van der Waals surface area (Å²) in [5, 5.41) is 3.15. The van der Waals surface area contributed by atoms with E-state index >= 15 is 0 Å². The number of ether oxygens (including phenoxy) is 1. The maximum atomic E-state index is 13.4. The Kier molecular flexibility index (Phi) is 7.38. The van der Waals surface area contributed by atoms with Crippen LogP contribution in [0.1, 0.15) is 85.8 Å². The molecule has 2 aliphatic rings. The standard InChI is InChI=1S/C25H32N2O3S/c1-2-30-25(29)22(20-10-8-19(9-11-20)18-6-4-3-5-7-18)24(28)27-15-12-21(13-16-27)23-26-14-17-31-23/h8-11,14,17-18,21-22H,2-7,12-13,15-16H2,1H3. The van der Waals surface area contributed by atoms with Gasteiger partial charge in [-0.2, -0.15) is 0 Å². The Morgan fingerprint density at radius 2 is 1.77 bits per heavy atom. The van der Waals surface area contributed by atoms with Crippen molar-refractivity contribution in [2.45, 2.75) is 69.6 Å². The number of hydrogen-bond donors (Lipinski definition) is 0. The minimum Gasteiger partial charge on any atom is -0.465 e. The molecule has 1 saturated carbocycles. The molecule has 1 amide bonds. The minimum atomic E-state index is -0.878. The van der Waals surface area contributed by atoms with Gasteiger partial charge in [0.15, 0.2) is 5.92 Å². The van der Waals surface area contributed by atoms with Crippen molar-refractivity contribution in [1.82, 2.24) is 9.88 Å². The molecule has 2 fully saturated rings. The second-order valence-corrected chi connectivity index (χ2v) is 9.58. The van der Waals surface area contributed by atoms with Crippen LogP contribution in [-0.4, -0.2) is 41.5 Å². The van der Waals surface area contributed by atoms with E-state index in [1.165, 1.54) is 37.7 Å². The molecule has 1 aromatic carbocycles. The van der Waals surface area contributed by atoms with Crippen molar-refractivity contribution in [1.29, 1.82) is 0 Å². The first-order valence-electron chi connectivity index (χ1n) is 11.6. The molecule has 2 heterocycles. The molecular formula is C25H32N2O3S. The molecule has 0 spiro atoms. The van der Waals surface area contributed by atoms with Crippen LogP contribution in [0.25, 0.3) is 0 Å². The Morgan fingerprint density at radius 1 is 1.06 bits per heavy atom. The van der Waals surface area contributed by atoms with Crippen molar-refractivity contribution in [3.05, 3.63) is 52.0 Å². The zero-order chi connectivity index (χ0) is 21.6. The van der Waals surface area contributed by atoms with Crippen LogP contribution in [0, 0.1) is 0 Å². The number of nitrogens with zero attached hydrogens (tertiary/aromatic N) is 2. The summed E-state index contributed by atoms with van der Waals surface area (Å²) in [5.41, 5.74) is 2.06. The average molecular weight is 441 g/mol. The predicted octanol–water partition coefficient (Wildman–Crippen LogP) is 5.24. The number of piperidine rings is 1. The maximum absolute atomic E-state index is 13.4. The fourth-order valence-corrected chi connectivity index (χ4v) is 5.78. The Balaban J connectivity index is 1.47. The minimum absolute atomic E-state index is 0.138. The summed E-state index contributed by atoms with van der Waals surface area (Å²) in [7, 11) is 0. The molecule has 1 saturated heterocycles. The first kappa shape index (κ1) is 22.0. The largest absolute Gasteiger partial charge is 0.465 e. The molecule has 1 atom stereocenters. The summed E-state index contributed by atoms with van der Waals surface area (Å²) in [6, 6.07) is 8.15. The van der Waals surface area contributed by atoms with Crippen LogP contribution in [0.2, 0.25) is 0 Å². The number of hydrogen-bond acceptors (Lipinski definition) is 5. The summed E-state index contributed by atoms with van der Waals surface area (Å²) in [4.78, 5) is 32.5. The number of benzene rings is 1. The molecule has 0 N–H and O–H groups in total. The van der Waals surface area contributed by atoms with Crippen molar-refractivity contribution in [3.63, 3.8) is 0 Å². The van der Waals surface area contributed by atoms with Gasteiger partial charge >= 0.3 is 5.97 Å². The average Bonchev–Trinajstić information content (AvgIpc) is 3.36. The lowest BCUT2D eigenvalue weighted by atomic mass is 9.83. The number of thiazole rings is 1. The van der Waals surface area contributed by atoms with E-state index < -0.39 is 11.9 Å². The van der Waals surface area contributed by atoms with Crippen LogP contribution in [0.3, 0.4) is 0 Å². The first-order chi connectivity index (χ1) is 15.2. The van der Waals surface area contributed by atoms with Crippen LogP contribution in [-0.2, 0) is 14.3 Å². The van der Waals surface area contributed by atoms with Crippen molar-refractivity contribution in [2.24, 2.45) is 0 Å². The highest BCUT2D eigenvalue weighted by Gasteiger charge is 2.36. The predicted molar refractivity (Wildman–Crippen MR) is 122 cm³/mol. The fraction of sp³-hybridized carbons (Fsp3) is 0.560. The van der Waals surface area contributed by atoms with Crippen molar-refractivity contribution in [3.8, 4) is 0 Å². The summed E-state index contributed by atoms with van der Waals surface area (Å²) >= 11 is 1.68. The number of esters is 1. The molecule has 1 unspecified atom stereocenters. The lowest BCUT2D eigenvalue weighted by Gasteiger charge is -2.33. The van der Waals surface area contributed by atoms with E-state index in [9.17, 15) is 9.59 Å². The third kappa shape index (κ3) is 5.17. The maximum Gasteiger partial charge on any atom is 0.323 e. The fourth-order valence-electron chi connectivity index (χ4n) is 4.97. The van der Waals surface area contributed by atoms with E-state index in [0.29, 0.717) is 24.9 Å². The molecule has 1 aromatic heterocycles. The van der Waals surface area contributed by atoms with Crippen LogP contribution in [0.15, 0.2) is 35.8 Å². The molecule has 5 nitrogen and oxygen atoms in total. The van der Waals surface area contributed by atoms with E-state index in [0.717, 1.165) is 23.4 Å². The van der Waals surface area contributed by atoms with Crippen molar-refractivity contribution < 1.29 is 14.3 Å². The molecule has 0 radical (unpaired) electrons. The quantitative estimate of drug-likeness (QED) is 0.455. The molecular weight excluding hydrogens is 408 g/mol. The third-order valence-corrected chi connectivity index (χ3v) is 7.66. The number of carbonyl (C=O) groups is 2. The van der Waals surface area contributed by atoms with Crippen LogP contribution >= 0.6 is 11.3 Å². The normalized spacial score (nSPS) is 19.2. The number of aromatic nitrogens is 1. The van der Waals surface area contributed by atoms with Crippen molar-refractivity contribution in [2.75, 3.05) is 19.7 Å². The second kappa shape index (κ2) is 10.4. The summed E-state index contributed by atoms with van der Waals surface area (Å²) in [5.74, 6) is -0.456. The highest BCUT2D eigenvalue weighted by atomic mass is 32.1. The molecule has 1 aliphatic heterocycles. The summed E-state index contributed by atoms with van der Waals surface area (Å²) in [6.45, 7) is 3.36. The molecule has 1 aliphatic carbocycles. The van der Waals surface area contributed by atoms with Gasteiger partial charge in [0.2, 0.25) is 5.91 Å². The highest BCUT2D eigenvalue weighted by Crippen LogP contribution is 2.34. The van der Waals surface area contributed by atoms with Gasteiger partial charge in [-0.3, -0.25) is 9.59 Å². The van der Waals surface area contributed by atoms with E-state index in [2.05, 4.69) is 17.1 Å². The molecule has 2 aromatic rings. The van der Waals surface area contributed by atoms with Crippen LogP contribution < -0.4 is 0 Å². The van der Waals surface area contributed by atoms with Gasteiger partial charge in [-0.25, -0.2) is 4.98 Å². The van der Waals surface area contributed by atoms with Gasteiger partial charge < -0.3 is 9.64 Å². The first-order valence-corrected chi connectivity index (χ1v) is 12.5. The van der Waals surface area contributed by atoms with E-state index in [-0.39, 0.29) is 12.5 Å². The molecule has 4 rings (SSSR count). The van der Waals surface area contributed by atoms with Crippen LogP contribution in [0.5, 0.6) is 0 Å². The van der Waals surface area contributed by atoms with Gasteiger partial charge in [0.1, 0.15) is 0 Å². The SMILES string of the molecule is CCOC(=O)C(C(=O)N1CCC(c2nccs2)CC1)c1ccc(C2CCCCC2)cc1. The van der Waals surface area contributed by atoms with Gasteiger partial charge in [0.05, 0.1) is 11.6 Å². The van der Waals surface area contributed by atoms with Gasteiger partial charge in [-0.05, 0) is 49.7 Å². The highest BCUT2D eigenvalue weighted by molar-refractivity contribution is 7.09. The van der Waals surface area contributed by atoms with Gasteiger partial charge in [0.25, 0.3) is 0 Å². The topological polar surface area (TPSA) is 59.5 Å². The van der Waals surface area contributed by atoms with Gasteiger partial charge in [-0.1, -0.05) is 43.5 Å². The molecule has 0 bridgehead atoms. The monoisotopic (exact) mass is 440 g/mol. The number of likely N-dealkylation sites (tertiary alicyclic amines) is 1. The molecule has 166 valence electrons. The second-order valence-electron chi connectivity index (χ2n) is 8.66. The van der Waals surface area contributed by atoms with E-state index in [1.54, 1.807) is 18.3 Å². The lowest BCUT2D eigenvalue weighted by Crippen LogP contribution is -2.43. The van der Waals surface area contributed by atoms with Crippen molar-refractivity contribution >= 4 is 23.2 Å². The Morgan fingerprint density at radius 3 is 2.39 bits per heavy atom. The molecule has 31 heavy (non-hydrogen) atoms. The van der Waals surface area contributed by atoms with Gasteiger partial charge in [-0.15, -0.1) is 11.3 Å². The summed E-state index contributed by atoms with van der Waals surface area (Å²) < 4.78 is 5.30. The molecule has 6 heteroatoms. The van der Waals surface area contributed by atoms with Gasteiger partial charge in [0, 0.05) is 30.6 Å². The zero-order valence-electron chi connectivity index (χ0n) is 18.3. The lowest BCUT2D eigenvalue weighted by molar-refractivity contribution is -0.151. The summed E-state index contributed by atoms with van der Waals surface area (Å²) in [6.07, 6.45) is 9.96. The van der Waals surface area contributed by atoms with E-state index in [4.69, 9.17) is 4.74 Å². The Hall–Kier alpha value is -2.21. The zero-order valence-corrected chi connectivity index (χ0v) is 19.1. The Bertz CT molecular complexity index is 851. The smallest absolute Gasteiger partial charge is 0.323 e. The van der Waals surface area contributed by atoms with Crippen LogP contribution in [0.4, 0.5) is 0 Å². The number of carbonyl (C=O) groups excluding carboxylic acids is 2. The Labute approximate surface area is 188 Å². The number of amides is 1.